The third-order valence-electron chi connectivity index (χ3n) is 4.98. The molecule has 1 aliphatic rings. The molecule has 1 aromatic rings. The lowest BCUT2D eigenvalue weighted by molar-refractivity contribution is 0.111. The van der Waals surface area contributed by atoms with Gasteiger partial charge in [0.1, 0.15) is 11.9 Å². The smallest absolute Gasteiger partial charge is 0.114 e. The van der Waals surface area contributed by atoms with Gasteiger partial charge in [0.2, 0.25) is 0 Å². The standard InChI is InChI=1S/C22H34N2O2/c1-6-7-22(25)21-13-20(14-24(21)23)26-17(5)16(4)19-10-8-18(9-11-19)12-15(2)3/h7-11,15-16,20-21,25H,5-6,12-14,23H2,1-4H3/b22-7+/t16?,20-,21?/m1/s1. The van der Waals surface area contributed by atoms with Gasteiger partial charge in [0.05, 0.1) is 18.3 Å². The second-order valence-electron chi connectivity index (χ2n) is 7.75. The molecule has 26 heavy (non-hydrogen) atoms. The zero-order valence-electron chi connectivity index (χ0n) is 16.6. The van der Waals surface area contributed by atoms with Crippen molar-refractivity contribution in [2.24, 2.45) is 11.8 Å². The van der Waals surface area contributed by atoms with E-state index in [-0.39, 0.29) is 18.1 Å². The Morgan fingerprint density at radius 2 is 2.00 bits per heavy atom. The number of rotatable bonds is 8. The Hall–Kier alpha value is -1.78. The number of benzene rings is 1. The number of hydrogen-bond donors (Lipinski definition) is 2. The van der Waals surface area contributed by atoms with Crippen LogP contribution in [-0.2, 0) is 11.2 Å². The van der Waals surface area contributed by atoms with Crippen LogP contribution in [-0.4, -0.2) is 28.8 Å². The van der Waals surface area contributed by atoms with Gasteiger partial charge in [-0.15, -0.1) is 0 Å². The van der Waals surface area contributed by atoms with Crippen LogP contribution in [0.4, 0.5) is 0 Å². The van der Waals surface area contributed by atoms with E-state index in [1.165, 1.54) is 11.1 Å². The molecule has 144 valence electrons. The highest BCUT2D eigenvalue weighted by molar-refractivity contribution is 5.29. The first-order valence-corrected chi connectivity index (χ1v) is 9.66. The molecule has 1 fully saturated rings. The molecule has 0 aliphatic carbocycles. The van der Waals surface area contributed by atoms with Crippen molar-refractivity contribution < 1.29 is 9.84 Å². The Labute approximate surface area is 158 Å². The van der Waals surface area contributed by atoms with E-state index in [1.807, 2.05) is 13.0 Å². The first-order chi connectivity index (χ1) is 12.3. The predicted molar refractivity (Wildman–Crippen MR) is 108 cm³/mol. The van der Waals surface area contributed by atoms with Crippen LogP contribution in [0.3, 0.4) is 0 Å². The van der Waals surface area contributed by atoms with Crippen LogP contribution in [0.2, 0.25) is 0 Å². The van der Waals surface area contributed by atoms with Gasteiger partial charge in [0.25, 0.3) is 0 Å². The van der Waals surface area contributed by atoms with E-state index in [1.54, 1.807) is 5.01 Å². The van der Waals surface area contributed by atoms with Crippen LogP contribution in [0.5, 0.6) is 0 Å². The average Bonchev–Trinajstić information content (AvgIpc) is 2.95. The summed E-state index contributed by atoms with van der Waals surface area (Å²) in [4.78, 5) is 0. The van der Waals surface area contributed by atoms with Crippen molar-refractivity contribution >= 4 is 0 Å². The van der Waals surface area contributed by atoms with Gasteiger partial charge in [-0.2, -0.15) is 0 Å². The summed E-state index contributed by atoms with van der Waals surface area (Å²) < 4.78 is 6.10. The quantitative estimate of drug-likeness (QED) is 0.523. The summed E-state index contributed by atoms with van der Waals surface area (Å²) >= 11 is 0. The van der Waals surface area contributed by atoms with Gasteiger partial charge in [0, 0.05) is 12.3 Å². The Balaban J connectivity index is 1.94. The molecule has 1 aromatic carbocycles. The molecule has 1 heterocycles. The summed E-state index contributed by atoms with van der Waals surface area (Å²) in [6.07, 6.45) is 4.32. The molecule has 4 nitrogen and oxygen atoms in total. The zero-order valence-corrected chi connectivity index (χ0v) is 16.6. The van der Waals surface area contributed by atoms with E-state index in [0.717, 1.165) is 18.6 Å². The zero-order chi connectivity index (χ0) is 19.3. The second-order valence-corrected chi connectivity index (χ2v) is 7.75. The van der Waals surface area contributed by atoms with Crippen molar-refractivity contribution in [1.29, 1.82) is 0 Å². The van der Waals surface area contributed by atoms with Crippen molar-refractivity contribution in [2.75, 3.05) is 6.54 Å². The fourth-order valence-electron chi connectivity index (χ4n) is 3.46. The highest BCUT2D eigenvalue weighted by Crippen LogP contribution is 2.29. The molecule has 1 aliphatic heterocycles. The lowest BCUT2D eigenvalue weighted by Crippen LogP contribution is -2.37. The van der Waals surface area contributed by atoms with Gasteiger partial charge in [-0.05, 0) is 36.0 Å². The molecule has 3 N–H and O–H groups in total. The van der Waals surface area contributed by atoms with Crippen LogP contribution in [0, 0.1) is 5.92 Å². The third-order valence-corrected chi connectivity index (χ3v) is 4.98. The minimum Gasteiger partial charge on any atom is -0.511 e. The molecule has 0 aromatic heterocycles. The topological polar surface area (TPSA) is 58.7 Å². The summed E-state index contributed by atoms with van der Waals surface area (Å²) in [5.74, 6) is 7.90. The minimum atomic E-state index is -0.168. The van der Waals surface area contributed by atoms with Gasteiger partial charge < -0.3 is 9.84 Å². The summed E-state index contributed by atoms with van der Waals surface area (Å²) in [6.45, 7) is 13.3. The minimum absolute atomic E-state index is 0.0485. The molecule has 3 atom stereocenters. The fraction of sp³-hybridized carbons (Fsp3) is 0.545. The number of nitrogens with zero attached hydrogens (tertiary/aromatic N) is 1. The maximum Gasteiger partial charge on any atom is 0.114 e. The second kappa shape index (κ2) is 9.24. The molecule has 1 saturated heterocycles. The largest absolute Gasteiger partial charge is 0.511 e. The van der Waals surface area contributed by atoms with Crippen LogP contribution in [0.1, 0.15) is 57.6 Å². The van der Waals surface area contributed by atoms with Crippen molar-refractivity contribution in [3.63, 3.8) is 0 Å². The molecule has 0 bridgehead atoms. The summed E-state index contributed by atoms with van der Waals surface area (Å²) in [5, 5.41) is 11.8. The Morgan fingerprint density at radius 1 is 1.35 bits per heavy atom. The molecule has 0 radical (unpaired) electrons. The van der Waals surface area contributed by atoms with E-state index in [2.05, 4.69) is 51.6 Å². The lowest BCUT2D eigenvalue weighted by Gasteiger charge is -2.21. The van der Waals surface area contributed by atoms with Crippen LogP contribution in [0.25, 0.3) is 0 Å². The summed E-state index contributed by atoms with van der Waals surface area (Å²) in [6, 6.07) is 8.55. The molecule has 0 amide bonds. The van der Waals surface area contributed by atoms with Crippen LogP contribution in [0.15, 0.2) is 48.4 Å². The summed E-state index contributed by atoms with van der Waals surface area (Å²) in [7, 11) is 0. The van der Waals surface area contributed by atoms with Crippen molar-refractivity contribution in [3.8, 4) is 0 Å². The maximum absolute atomic E-state index is 10.1. The number of aliphatic hydroxyl groups is 1. The van der Waals surface area contributed by atoms with E-state index in [0.29, 0.717) is 24.6 Å². The Bertz CT molecular complexity index is 622. The highest BCUT2D eigenvalue weighted by Gasteiger charge is 2.34. The molecular weight excluding hydrogens is 324 g/mol. The Morgan fingerprint density at radius 3 is 2.58 bits per heavy atom. The van der Waals surface area contributed by atoms with Crippen molar-refractivity contribution in [1.82, 2.24) is 5.01 Å². The van der Waals surface area contributed by atoms with E-state index in [9.17, 15) is 5.11 Å². The average molecular weight is 359 g/mol. The number of aliphatic hydroxyl groups excluding tert-OH is 1. The number of nitrogens with two attached hydrogens (primary N) is 1. The molecule has 4 heteroatoms. The van der Waals surface area contributed by atoms with E-state index >= 15 is 0 Å². The highest BCUT2D eigenvalue weighted by atomic mass is 16.5. The molecule has 2 unspecified atom stereocenters. The fourth-order valence-corrected chi connectivity index (χ4v) is 3.46. The summed E-state index contributed by atoms with van der Waals surface area (Å²) in [5.41, 5.74) is 2.56. The SMILES string of the molecule is C=C(O[C@@H]1CC(/C(O)=C\CC)N(N)C1)C(C)c1ccc(CC(C)C)cc1. The van der Waals surface area contributed by atoms with Crippen LogP contribution < -0.4 is 5.84 Å². The predicted octanol–water partition coefficient (Wildman–Crippen LogP) is 4.69. The maximum atomic E-state index is 10.1. The van der Waals surface area contributed by atoms with E-state index in [4.69, 9.17) is 10.6 Å². The molecular formula is C22H34N2O2. The first kappa shape index (κ1) is 20.5. The first-order valence-electron chi connectivity index (χ1n) is 9.66. The van der Waals surface area contributed by atoms with Gasteiger partial charge in [-0.3, -0.25) is 5.84 Å². The Kier molecular flexibility index (Phi) is 7.30. The van der Waals surface area contributed by atoms with Gasteiger partial charge in [-0.25, -0.2) is 5.01 Å². The number of ether oxygens (including phenoxy) is 1. The number of hydrazine groups is 1. The molecule has 2 rings (SSSR count). The van der Waals surface area contributed by atoms with Gasteiger partial charge >= 0.3 is 0 Å². The van der Waals surface area contributed by atoms with Crippen molar-refractivity contribution in [3.05, 3.63) is 59.6 Å². The molecule has 0 saturated carbocycles. The normalized spacial score (nSPS) is 22.6. The monoisotopic (exact) mass is 358 g/mol. The van der Waals surface area contributed by atoms with Gasteiger partial charge in [-0.1, -0.05) is 58.5 Å². The lowest BCUT2D eigenvalue weighted by atomic mass is 9.96. The van der Waals surface area contributed by atoms with Crippen molar-refractivity contribution in [2.45, 2.75) is 65.0 Å². The third kappa shape index (κ3) is 5.36. The molecule has 0 spiro atoms. The number of allylic oxidation sites excluding steroid dienone is 2. The van der Waals surface area contributed by atoms with Crippen LogP contribution >= 0.6 is 0 Å². The van der Waals surface area contributed by atoms with Gasteiger partial charge in [0.15, 0.2) is 0 Å². The number of hydrogen-bond acceptors (Lipinski definition) is 4. The van der Waals surface area contributed by atoms with E-state index < -0.39 is 0 Å².